The molecule has 112 valence electrons. The van der Waals surface area contributed by atoms with Gasteiger partial charge in [0.1, 0.15) is 12.6 Å². The highest BCUT2D eigenvalue weighted by Gasteiger charge is 2.16. The van der Waals surface area contributed by atoms with Crippen molar-refractivity contribution in [2.24, 2.45) is 11.7 Å². The van der Waals surface area contributed by atoms with Gasteiger partial charge in [-0.2, -0.15) is 0 Å². The average Bonchev–Trinajstić information content (AvgIpc) is 2.35. The minimum Gasteiger partial charge on any atom is -0.460 e. The van der Waals surface area contributed by atoms with E-state index in [9.17, 15) is 14.9 Å². The summed E-state index contributed by atoms with van der Waals surface area (Å²) in [5.74, 6) is -0.131. The number of carbonyl (C=O) groups is 1. The van der Waals surface area contributed by atoms with Crippen LogP contribution in [0.4, 0.5) is 5.69 Å². The Balaban J connectivity index is 0.00000361. The zero-order valence-corrected chi connectivity index (χ0v) is 13.2. The van der Waals surface area contributed by atoms with Crippen LogP contribution in [0.5, 0.6) is 0 Å². The van der Waals surface area contributed by atoms with E-state index in [0.717, 1.165) is 0 Å². The number of nitro benzene ring substituents is 1. The number of nitro groups is 1. The maximum absolute atomic E-state index is 11.6. The molecule has 0 heterocycles. The van der Waals surface area contributed by atoms with Gasteiger partial charge < -0.3 is 10.5 Å². The van der Waals surface area contributed by atoms with Crippen LogP contribution in [0.15, 0.2) is 24.3 Å². The number of rotatable bonds is 6. The summed E-state index contributed by atoms with van der Waals surface area (Å²) in [7, 11) is 0. The van der Waals surface area contributed by atoms with Crippen LogP contribution in [0.25, 0.3) is 0 Å². The first-order valence-electron chi connectivity index (χ1n) is 6.05. The van der Waals surface area contributed by atoms with Crippen molar-refractivity contribution in [1.82, 2.24) is 0 Å². The van der Waals surface area contributed by atoms with Crippen LogP contribution in [0.2, 0.25) is 0 Å². The summed E-state index contributed by atoms with van der Waals surface area (Å²) >= 11 is 0. The van der Waals surface area contributed by atoms with Gasteiger partial charge in [0.15, 0.2) is 0 Å². The van der Waals surface area contributed by atoms with Crippen LogP contribution >= 0.6 is 17.0 Å². The summed E-state index contributed by atoms with van der Waals surface area (Å²) in [4.78, 5) is 21.6. The minimum atomic E-state index is -0.627. The maximum Gasteiger partial charge on any atom is 0.323 e. The number of esters is 1. The van der Waals surface area contributed by atoms with Crippen molar-refractivity contribution >= 4 is 28.6 Å². The highest BCUT2D eigenvalue weighted by molar-refractivity contribution is 8.93. The van der Waals surface area contributed by atoms with E-state index in [0.29, 0.717) is 17.9 Å². The van der Waals surface area contributed by atoms with Crippen LogP contribution in [0, 0.1) is 16.0 Å². The SMILES string of the molecule is Br.CC(C)CC(N)C(=O)OCc1ccc([N+](=O)[O-])cc1. The van der Waals surface area contributed by atoms with E-state index in [1.807, 2.05) is 13.8 Å². The highest BCUT2D eigenvalue weighted by atomic mass is 79.9. The molecule has 0 amide bonds. The first-order chi connectivity index (χ1) is 8.90. The largest absolute Gasteiger partial charge is 0.460 e. The number of carbonyl (C=O) groups excluding carboxylic acids is 1. The van der Waals surface area contributed by atoms with Crippen molar-refractivity contribution in [2.45, 2.75) is 32.9 Å². The predicted molar refractivity (Wildman–Crippen MR) is 80.6 cm³/mol. The number of hydrogen-bond donors (Lipinski definition) is 1. The smallest absolute Gasteiger partial charge is 0.323 e. The lowest BCUT2D eigenvalue weighted by Gasteiger charge is -2.13. The molecule has 0 aliphatic heterocycles. The molecule has 0 aliphatic carbocycles. The third-order valence-corrected chi connectivity index (χ3v) is 2.56. The minimum absolute atomic E-state index is 0. The number of nitrogens with two attached hydrogens (primary N) is 1. The molecule has 0 fully saturated rings. The third kappa shape index (κ3) is 6.12. The lowest BCUT2D eigenvalue weighted by Crippen LogP contribution is -2.33. The fraction of sp³-hybridized carbons (Fsp3) is 0.462. The third-order valence-electron chi connectivity index (χ3n) is 2.56. The van der Waals surface area contributed by atoms with Crippen LogP contribution in [-0.2, 0) is 16.1 Å². The summed E-state index contributed by atoms with van der Waals surface area (Å²) in [6.07, 6.45) is 0.569. The predicted octanol–water partition coefficient (Wildman–Crippen LogP) is 2.59. The van der Waals surface area contributed by atoms with Gasteiger partial charge in [-0.3, -0.25) is 14.9 Å². The first-order valence-corrected chi connectivity index (χ1v) is 6.05. The van der Waals surface area contributed by atoms with Gasteiger partial charge in [-0.25, -0.2) is 0 Å². The zero-order valence-electron chi connectivity index (χ0n) is 11.4. The second-order valence-electron chi connectivity index (χ2n) is 4.77. The molecule has 0 bridgehead atoms. The number of benzene rings is 1. The number of ether oxygens (including phenoxy) is 1. The van der Waals surface area contributed by atoms with Gasteiger partial charge in [-0.1, -0.05) is 13.8 Å². The average molecular weight is 347 g/mol. The Kier molecular flexibility index (Phi) is 8.02. The van der Waals surface area contributed by atoms with Crippen molar-refractivity contribution in [3.8, 4) is 0 Å². The molecule has 0 radical (unpaired) electrons. The lowest BCUT2D eigenvalue weighted by molar-refractivity contribution is -0.384. The van der Waals surface area contributed by atoms with Gasteiger partial charge in [0.2, 0.25) is 0 Å². The number of hydrogen-bond acceptors (Lipinski definition) is 5. The van der Waals surface area contributed by atoms with E-state index in [2.05, 4.69) is 0 Å². The number of non-ortho nitro benzene ring substituents is 1. The molecular formula is C13H19BrN2O4. The molecule has 7 heteroatoms. The summed E-state index contributed by atoms with van der Waals surface area (Å²) in [6, 6.07) is 5.23. The fourth-order valence-corrected chi connectivity index (χ4v) is 1.58. The van der Waals surface area contributed by atoms with E-state index < -0.39 is 16.9 Å². The highest BCUT2D eigenvalue weighted by Crippen LogP contribution is 2.13. The molecule has 2 N–H and O–H groups in total. The van der Waals surface area contributed by atoms with E-state index in [4.69, 9.17) is 10.5 Å². The molecule has 6 nitrogen and oxygen atoms in total. The van der Waals surface area contributed by atoms with Gasteiger partial charge >= 0.3 is 5.97 Å². The Morgan fingerprint density at radius 2 is 1.90 bits per heavy atom. The quantitative estimate of drug-likeness (QED) is 0.485. The lowest BCUT2D eigenvalue weighted by atomic mass is 10.1. The normalized spacial score (nSPS) is 11.6. The standard InChI is InChI=1S/C13H18N2O4.BrH/c1-9(2)7-12(14)13(16)19-8-10-3-5-11(6-4-10)15(17)18;/h3-6,9,12H,7-8,14H2,1-2H3;1H. The summed E-state index contributed by atoms with van der Waals surface area (Å²) in [5, 5.41) is 10.5. The molecule has 1 atom stereocenters. The molecule has 1 aromatic carbocycles. The first kappa shape index (κ1) is 18.5. The van der Waals surface area contributed by atoms with Crippen LogP contribution < -0.4 is 5.73 Å². The summed E-state index contributed by atoms with van der Waals surface area (Å²) in [6.45, 7) is 4.02. The van der Waals surface area contributed by atoms with E-state index in [1.54, 1.807) is 12.1 Å². The molecule has 20 heavy (non-hydrogen) atoms. The summed E-state index contributed by atoms with van der Waals surface area (Å²) in [5.41, 5.74) is 6.38. The molecule has 1 aromatic rings. The number of halogens is 1. The monoisotopic (exact) mass is 346 g/mol. The van der Waals surface area contributed by atoms with Gasteiger partial charge in [0, 0.05) is 12.1 Å². The Morgan fingerprint density at radius 3 is 2.35 bits per heavy atom. The fourth-order valence-electron chi connectivity index (χ4n) is 1.58. The zero-order chi connectivity index (χ0) is 14.4. The van der Waals surface area contributed by atoms with Crippen molar-refractivity contribution in [2.75, 3.05) is 0 Å². The van der Waals surface area contributed by atoms with Gasteiger partial charge in [-0.05, 0) is 30.0 Å². The van der Waals surface area contributed by atoms with Crippen molar-refractivity contribution in [3.63, 3.8) is 0 Å². The van der Waals surface area contributed by atoms with Crippen molar-refractivity contribution in [1.29, 1.82) is 0 Å². The van der Waals surface area contributed by atoms with Crippen LogP contribution in [-0.4, -0.2) is 16.9 Å². The van der Waals surface area contributed by atoms with Crippen LogP contribution in [0.1, 0.15) is 25.8 Å². The Bertz CT molecular complexity index is 448. The van der Waals surface area contributed by atoms with Crippen LogP contribution in [0.3, 0.4) is 0 Å². The summed E-state index contributed by atoms with van der Waals surface area (Å²) < 4.78 is 5.06. The van der Waals surface area contributed by atoms with Crippen molar-refractivity contribution < 1.29 is 14.5 Å². The van der Waals surface area contributed by atoms with Gasteiger partial charge in [0.05, 0.1) is 4.92 Å². The number of nitrogens with zero attached hydrogens (tertiary/aromatic N) is 1. The van der Waals surface area contributed by atoms with Gasteiger partial charge in [-0.15, -0.1) is 17.0 Å². The Morgan fingerprint density at radius 1 is 1.35 bits per heavy atom. The second-order valence-corrected chi connectivity index (χ2v) is 4.77. The molecule has 0 aliphatic rings. The molecule has 0 aromatic heterocycles. The molecular weight excluding hydrogens is 328 g/mol. The second kappa shape index (κ2) is 8.65. The van der Waals surface area contributed by atoms with Crippen molar-refractivity contribution in [3.05, 3.63) is 39.9 Å². The van der Waals surface area contributed by atoms with Gasteiger partial charge in [0.25, 0.3) is 5.69 Å². The van der Waals surface area contributed by atoms with E-state index in [1.165, 1.54) is 12.1 Å². The van der Waals surface area contributed by atoms with E-state index in [-0.39, 0.29) is 29.3 Å². The molecule has 0 saturated heterocycles. The topological polar surface area (TPSA) is 95.5 Å². The maximum atomic E-state index is 11.6. The molecule has 1 unspecified atom stereocenters. The Hall–Kier alpha value is -1.47. The van der Waals surface area contributed by atoms with E-state index >= 15 is 0 Å². The molecule has 0 spiro atoms. The molecule has 0 saturated carbocycles. The molecule has 1 rings (SSSR count). The Labute approximate surface area is 128 Å².